The zero-order chi connectivity index (χ0) is 11.5. The van der Waals surface area contributed by atoms with Crippen molar-refractivity contribution in [3.8, 4) is 5.75 Å². The summed E-state index contributed by atoms with van der Waals surface area (Å²) >= 11 is 0. The van der Waals surface area contributed by atoms with Gasteiger partial charge in [0, 0.05) is 12.3 Å². The minimum absolute atomic E-state index is 0.152. The molecule has 16 heavy (non-hydrogen) atoms. The van der Waals surface area contributed by atoms with Crippen LogP contribution in [0.5, 0.6) is 5.75 Å². The Morgan fingerprint density at radius 2 is 2.31 bits per heavy atom. The van der Waals surface area contributed by atoms with Gasteiger partial charge in [0.15, 0.2) is 0 Å². The standard InChI is InChI=1S/C10H9N3O3/c1-2-16-9-6-8-7(4-3-5-11-8)12-10(9)13(14)15/h3-6H,2H2,1H3. The van der Waals surface area contributed by atoms with E-state index in [9.17, 15) is 10.1 Å². The quantitative estimate of drug-likeness (QED) is 0.582. The van der Waals surface area contributed by atoms with E-state index in [0.29, 0.717) is 17.6 Å². The lowest BCUT2D eigenvalue weighted by Crippen LogP contribution is -2.00. The Morgan fingerprint density at radius 1 is 1.50 bits per heavy atom. The summed E-state index contributed by atoms with van der Waals surface area (Å²) in [4.78, 5) is 18.2. The third-order valence-electron chi connectivity index (χ3n) is 2.00. The normalized spacial score (nSPS) is 10.3. The number of rotatable bonds is 3. The molecule has 0 radical (unpaired) electrons. The first-order valence-electron chi connectivity index (χ1n) is 4.75. The van der Waals surface area contributed by atoms with Gasteiger partial charge in [-0.2, -0.15) is 0 Å². The molecule has 82 valence electrons. The van der Waals surface area contributed by atoms with Crippen molar-refractivity contribution < 1.29 is 9.66 Å². The van der Waals surface area contributed by atoms with E-state index in [4.69, 9.17) is 4.74 Å². The SMILES string of the molecule is CCOc1cc2ncccc2nc1[N+](=O)[O-]. The number of hydrogen-bond acceptors (Lipinski definition) is 5. The fraction of sp³-hybridized carbons (Fsp3) is 0.200. The Morgan fingerprint density at radius 3 is 3.00 bits per heavy atom. The maximum absolute atomic E-state index is 10.8. The van der Waals surface area contributed by atoms with Crippen molar-refractivity contribution >= 4 is 16.9 Å². The highest BCUT2D eigenvalue weighted by Gasteiger charge is 2.19. The smallest absolute Gasteiger partial charge is 0.406 e. The first kappa shape index (κ1) is 10.3. The molecule has 0 saturated heterocycles. The predicted octanol–water partition coefficient (Wildman–Crippen LogP) is 1.94. The van der Waals surface area contributed by atoms with Gasteiger partial charge in [0.2, 0.25) is 11.3 Å². The molecular weight excluding hydrogens is 210 g/mol. The lowest BCUT2D eigenvalue weighted by molar-refractivity contribution is -0.390. The van der Waals surface area contributed by atoms with E-state index in [0.717, 1.165) is 0 Å². The average Bonchev–Trinajstić information content (AvgIpc) is 2.28. The zero-order valence-electron chi connectivity index (χ0n) is 8.58. The number of nitro groups is 1. The van der Waals surface area contributed by atoms with Crippen LogP contribution >= 0.6 is 0 Å². The largest absolute Gasteiger partial charge is 0.486 e. The van der Waals surface area contributed by atoms with Gasteiger partial charge < -0.3 is 14.9 Å². The fourth-order valence-electron chi connectivity index (χ4n) is 1.37. The van der Waals surface area contributed by atoms with Gasteiger partial charge in [0.1, 0.15) is 5.52 Å². The molecule has 0 fully saturated rings. The highest BCUT2D eigenvalue weighted by atomic mass is 16.6. The van der Waals surface area contributed by atoms with Crippen LogP contribution in [0.3, 0.4) is 0 Å². The van der Waals surface area contributed by atoms with Gasteiger partial charge in [-0.25, -0.2) is 0 Å². The van der Waals surface area contributed by atoms with E-state index in [2.05, 4.69) is 9.97 Å². The van der Waals surface area contributed by atoms with E-state index in [-0.39, 0.29) is 11.6 Å². The van der Waals surface area contributed by atoms with Crippen molar-refractivity contribution in [1.29, 1.82) is 0 Å². The van der Waals surface area contributed by atoms with Crippen molar-refractivity contribution in [2.45, 2.75) is 6.92 Å². The van der Waals surface area contributed by atoms with E-state index in [1.54, 1.807) is 25.3 Å². The molecule has 0 N–H and O–H groups in total. The van der Waals surface area contributed by atoms with E-state index in [1.807, 2.05) is 0 Å². The Balaban J connectivity index is 2.65. The zero-order valence-corrected chi connectivity index (χ0v) is 8.58. The third kappa shape index (κ3) is 1.77. The van der Waals surface area contributed by atoms with Crippen LogP contribution in [-0.4, -0.2) is 21.5 Å². The second kappa shape index (κ2) is 4.09. The first-order chi connectivity index (χ1) is 7.72. The molecule has 6 nitrogen and oxygen atoms in total. The molecule has 0 saturated carbocycles. The van der Waals surface area contributed by atoms with Gasteiger partial charge in [0.05, 0.1) is 6.61 Å². The molecule has 6 heteroatoms. The van der Waals surface area contributed by atoms with Crippen LogP contribution in [0.1, 0.15) is 6.92 Å². The Hall–Kier alpha value is -2.24. The highest BCUT2D eigenvalue weighted by Crippen LogP contribution is 2.27. The summed E-state index contributed by atoms with van der Waals surface area (Å²) in [5, 5.41) is 10.8. The fourth-order valence-corrected chi connectivity index (χ4v) is 1.37. The van der Waals surface area contributed by atoms with E-state index < -0.39 is 4.92 Å². The molecule has 0 atom stereocenters. The summed E-state index contributed by atoms with van der Waals surface area (Å²) in [5.41, 5.74) is 1.06. The van der Waals surface area contributed by atoms with Gasteiger partial charge >= 0.3 is 5.82 Å². The summed E-state index contributed by atoms with van der Waals surface area (Å²) in [6.45, 7) is 2.10. The average molecular weight is 219 g/mol. The molecule has 2 heterocycles. The predicted molar refractivity (Wildman–Crippen MR) is 57.4 cm³/mol. The van der Waals surface area contributed by atoms with Crippen molar-refractivity contribution in [1.82, 2.24) is 9.97 Å². The molecule has 2 aromatic heterocycles. The molecule has 2 rings (SSSR count). The molecule has 0 spiro atoms. The number of hydrogen-bond donors (Lipinski definition) is 0. The maximum Gasteiger partial charge on any atom is 0.406 e. The van der Waals surface area contributed by atoms with Crippen LogP contribution in [0.25, 0.3) is 11.0 Å². The molecule has 0 aliphatic carbocycles. The molecule has 0 unspecified atom stereocenters. The van der Waals surface area contributed by atoms with Crippen molar-refractivity contribution in [3.05, 3.63) is 34.5 Å². The number of aromatic nitrogens is 2. The van der Waals surface area contributed by atoms with Crippen molar-refractivity contribution in [3.63, 3.8) is 0 Å². The molecule has 0 aromatic carbocycles. The second-order valence-corrected chi connectivity index (χ2v) is 3.04. The Kier molecular flexibility index (Phi) is 2.63. The number of fused-ring (bicyclic) bond motifs is 1. The Labute approximate surface area is 91.0 Å². The van der Waals surface area contributed by atoms with Crippen LogP contribution in [0.2, 0.25) is 0 Å². The minimum Gasteiger partial charge on any atom is -0.486 e. The summed E-state index contributed by atoms with van der Waals surface area (Å²) < 4.78 is 5.16. The lowest BCUT2D eigenvalue weighted by Gasteiger charge is -2.03. The summed E-state index contributed by atoms with van der Waals surface area (Å²) in [6, 6.07) is 4.88. The van der Waals surface area contributed by atoms with Gasteiger partial charge in [0.25, 0.3) is 0 Å². The van der Waals surface area contributed by atoms with E-state index in [1.165, 1.54) is 6.07 Å². The maximum atomic E-state index is 10.8. The van der Waals surface area contributed by atoms with Crippen LogP contribution in [0.4, 0.5) is 5.82 Å². The van der Waals surface area contributed by atoms with Gasteiger partial charge in [-0.3, -0.25) is 4.98 Å². The topological polar surface area (TPSA) is 78.2 Å². The van der Waals surface area contributed by atoms with Crippen molar-refractivity contribution in [2.75, 3.05) is 6.61 Å². The summed E-state index contributed by atoms with van der Waals surface area (Å²) in [6.07, 6.45) is 1.60. The minimum atomic E-state index is -0.558. The Bertz CT molecular complexity index is 542. The van der Waals surface area contributed by atoms with Crippen LogP contribution in [0.15, 0.2) is 24.4 Å². The monoisotopic (exact) mass is 219 g/mol. The molecule has 0 amide bonds. The number of nitrogens with zero attached hydrogens (tertiary/aromatic N) is 3. The van der Waals surface area contributed by atoms with E-state index >= 15 is 0 Å². The van der Waals surface area contributed by atoms with Gasteiger partial charge in [-0.15, -0.1) is 0 Å². The summed E-state index contributed by atoms with van der Waals surface area (Å²) in [7, 11) is 0. The highest BCUT2D eigenvalue weighted by molar-refractivity contribution is 5.77. The van der Waals surface area contributed by atoms with Crippen molar-refractivity contribution in [2.24, 2.45) is 0 Å². The molecule has 0 aliphatic heterocycles. The van der Waals surface area contributed by atoms with Gasteiger partial charge in [-0.05, 0) is 29.0 Å². The number of ether oxygens (including phenoxy) is 1. The molecular formula is C10H9N3O3. The molecule has 2 aromatic rings. The lowest BCUT2D eigenvalue weighted by atomic mass is 10.3. The van der Waals surface area contributed by atoms with Crippen LogP contribution < -0.4 is 4.74 Å². The van der Waals surface area contributed by atoms with Crippen LogP contribution in [0, 0.1) is 10.1 Å². The second-order valence-electron chi connectivity index (χ2n) is 3.04. The van der Waals surface area contributed by atoms with Crippen LogP contribution in [-0.2, 0) is 0 Å². The first-order valence-corrected chi connectivity index (χ1v) is 4.75. The third-order valence-corrected chi connectivity index (χ3v) is 2.00. The number of pyridine rings is 2. The molecule has 0 bridgehead atoms. The molecule has 0 aliphatic rings. The summed E-state index contributed by atoms with van der Waals surface area (Å²) in [5.74, 6) is -0.124. The van der Waals surface area contributed by atoms with Gasteiger partial charge in [-0.1, -0.05) is 0 Å².